The molecule has 35 heavy (non-hydrogen) atoms. The number of carbonyl (C=O) groups is 2. The number of sulfonamides is 1. The van der Waals surface area contributed by atoms with Crippen molar-refractivity contribution in [1.82, 2.24) is 10.2 Å². The van der Waals surface area contributed by atoms with Crippen molar-refractivity contribution >= 4 is 50.7 Å². The second-order valence-corrected chi connectivity index (χ2v) is 10.6. The molecule has 2 amide bonds. The van der Waals surface area contributed by atoms with Gasteiger partial charge in [-0.05, 0) is 42.7 Å². The van der Waals surface area contributed by atoms with E-state index in [4.69, 9.17) is 27.9 Å². The Hall–Kier alpha value is -2.49. The second kappa shape index (κ2) is 13.0. The maximum atomic E-state index is 13.6. The molecule has 1 N–H and O–H groups in total. The number of halogens is 2. The van der Waals surface area contributed by atoms with Gasteiger partial charge in [0.05, 0.1) is 29.1 Å². The zero-order valence-electron chi connectivity index (χ0n) is 20.3. The fraction of sp³-hybridized carbons (Fsp3) is 0.417. The fourth-order valence-corrected chi connectivity index (χ4v) is 4.72. The zero-order valence-corrected chi connectivity index (χ0v) is 22.6. The van der Waals surface area contributed by atoms with Gasteiger partial charge in [0.1, 0.15) is 18.3 Å². The highest BCUT2D eigenvalue weighted by Gasteiger charge is 2.32. The standard InChI is InChI=1S/C24H31Cl2N3O5S/c1-5-13-27-24(31)20(6-2)28(15-17-11-12-18(25)19(26)14-17)23(30)16-29(35(4,32)33)21-9-7-8-10-22(21)34-3/h7-12,14,20H,5-6,13,15-16H2,1-4H3,(H,27,31). The van der Waals surface area contributed by atoms with Gasteiger partial charge in [-0.15, -0.1) is 0 Å². The number of carbonyl (C=O) groups excluding carboxylic acids is 2. The van der Waals surface area contributed by atoms with Gasteiger partial charge in [-0.2, -0.15) is 0 Å². The SMILES string of the molecule is CCCNC(=O)C(CC)N(Cc1ccc(Cl)c(Cl)c1)C(=O)CN(c1ccccc1OC)S(C)(=O)=O. The molecule has 0 radical (unpaired) electrons. The third-order valence-corrected chi connectivity index (χ3v) is 7.17. The predicted octanol–water partition coefficient (Wildman–Crippen LogP) is 4.10. The number of anilines is 1. The molecule has 8 nitrogen and oxygen atoms in total. The number of nitrogens with one attached hydrogen (secondary N) is 1. The molecule has 0 bridgehead atoms. The molecule has 2 aromatic rings. The van der Waals surface area contributed by atoms with E-state index in [0.717, 1.165) is 17.0 Å². The zero-order chi connectivity index (χ0) is 26.2. The van der Waals surface area contributed by atoms with Crippen LogP contribution in [-0.2, 0) is 26.2 Å². The minimum Gasteiger partial charge on any atom is -0.495 e. The predicted molar refractivity (Wildman–Crippen MR) is 140 cm³/mol. The van der Waals surface area contributed by atoms with E-state index in [0.29, 0.717) is 34.3 Å². The molecule has 0 fully saturated rings. The molecule has 0 aromatic heterocycles. The summed E-state index contributed by atoms with van der Waals surface area (Å²) in [6.07, 6.45) is 2.08. The van der Waals surface area contributed by atoms with Gasteiger partial charge in [0, 0.05) is 13.1 Å². The smallest absolute Gasteiger partial charge is 0.244 e. The van der Waals surface area contributed by atoms with Gasteiger partial charge in [-0.1, -0.05) is 55.2 Å². The normalized spacial score (nSPS) is 12.1. The van der Waals surface area contributed by atoms with Crippen LogP contribution >= 0.6 is 23.2 Å². The van der Waals surface area contributed by atoms with Gasteiger partial charge in [-0.3, -0.25) is 13.9 Å². The Labute approximate surface area is 217 Å². The first kappa shape index (κ1) is 28.7. The third-order valence-electron chi connectivity index (χ3n) is 5.31. The molecule has 1 atom stereocenters. The lowest BCUT2D eigenvalue weighted by molar-refractivity contribution is -0.140. The average molecular weight is 545 g/mol. The number of rotatable bonds is 12. The van der Waals surface area contributed by atoms with Crippen LogP contribution in [0.25, 0.3) is 0 Å². The first-order chi connectivity index (χ1) is 16.5. The topological polar surface area (TPSA) is 96.0 Å². The van der Waals surface area contributed by atoms with Crippen molar-refractivity contribution in [3.63, 3.8) is 0 Å². The Morgan fingerprint density at radius 1 is 1.09 bits per heavy atom. The molecule has 192 valence electrons. The van der Waals surface area contributed by atoms with Crippen molar-refractivity contribution in [2.75, 3.05) is 30.8 Å². The summed E-state index contributed by atoms with van der Waals surface area (Å²) in [6.45, 7) is 3.70. The van der Waals surface area contributed by atoms with Gasteiger partial charge < -0.3 is 15.0 Å². The molecule has 2 aromatic carbocycles. The van der Waals surface area contributed by atoms with Crippen LogP contribution < -0.4 is 14.4 Å². The number of methoxy groups -OCH3 is 1. The van der Waals surface area contributed by atoms with Crippen LogP contribution in [0, 0.1) is 0 Å². The van der Waals surface area contributed by atoms with Gasteiger partial charge in [0.25, 0.3) is 0 Å². The second-order valence-electron chi connectivity index (χ2n) is 7.93. The summed E-state index contributed by atoms with van der Waals surface area (Å²) in [5.41, 5.74) is 0.876. The number of hydrogen-bond acceptors (Lipinski definition) is 5. The van der Waals surface area contributed by atoms with Crippen molar-refractivity contribution in [2.45, 2.75) is 39.3 Å². The van der Waals surface area contributed by atoms with Crippen LogP contribution in [0.5, 0.6) is 5.75 Å². The highest BCUT2D eigenvalue weighted by molar-refractivity contribution is 7.92. The molecule has 11 heteroatoms. The number of ether oxygens (including phenoxy) is 1. The van der Waals surface area contributed by atoms with E-state index in [1.807, 2.05) is 6.92 Å². The lowest BCUT2D eigenvalue weighted by atomic mass is 10.1. The van der Waals surface area contributed by atoms with Crippen molar-refractivity contribution in [2.24, 2.45) is 0 Å². The van der Waals surface area contributed by atoms with Gasteiger partial charge in [-0.25, -0.2) is 8.42 Å². The Balaban J connectivity index is 2.48. The summed E-state index contributed by atoms with van der Waals surface area (Å²) >= 11 is 12.2. The summed E-state index contributed by atoms with van der Waals surface area (Å²) in [7, 11) is -2.44. The Morgan fingerprint density at radius 2 is 1.77 bits per heavy atom. The van der Waals surface area contributed by atoms with E-state index in [1.54, 1.807) is 49.4 Å². The number of hydrogen-bond donors (Lipinski definition) is 1. The quantitative estimate of drug-likeness (QED) is 0.434. The van der Waals surface area contributed by atoms with Crippen LogP contribution in [0.3, 0.4) is 0 Å². The molecule has 0 saturated heterocycles. The monoisotopic (exact) mass is 543 g/mol. The lowest BCUT2D eigenvalue weighted by Crippen LogP contribution is -2.52. The fourth-order valence-electron chi connectivity index (χ4n) is 3.55. The third kappa shape index (κ3) is 7.75. The average Bonchev–Trinajstić information content (AvgIpc) is 2.82. The van der Waals surface area contributed by atoms with Crippen LogP contribution in [0.2, 0.25) is 10.0 Å². The van der Waals surface area contributed by atoms with E-state index in [-0.39, 0.29) is 18.1 Å². The first-order valence-corrected chi connectivity index (χ1v) is 13.8. The summed E-state index contributed by atoms with van der Waals surface area (Å²) in [6, 6.07) is 10.6. The van der Waals surface area contributed by atoms with Crippen LogP contribution in [0.4, 0.5) is 5.69 Å². The molecule has 1 unspecified atom stereocenters. The van der Waals surface area contributed by atoms with Gasteiger partial charge >= 0.3 is 0 Å². The minimum atomic E-state index is -3.86. The van der Waals surface area contributed by atoms with Gasteiger partial charge in [0.15, 0.2) is 0 Å². The van der Waals surface area contributed by atoms with E-state index in [1.165, 1.54) is 12.0 Å². The molecule has 0 aliphatic rings. The summed E-state index contributed by atoms with van der Waals surface area (Å²) < 4.78 is 31.7. The van der Waals surface area contributed by atoms with Crippen molar-refractivity contribution in [1.29, 1.82) is 0 Å². The van der Waals surface area contributed by atoms with Gasteiger partial charge in [0.2, 0.25) is 21.8 Å². The summed E-state index contributed by atoms with van der Waals surface area (Å²) in [5, 5.41) is 3.50. The van der Waals surface area contributed by atoms with Crippen molar-refractivity contribution < 1.29 is 22.7 Å². The van der Waals surface area contributed by atoms with Crippen molar-refractivity contribution in [3.05, 3.63) is 58.1 Å². The highest BCUT2D eigenvalue weighted by Crippen LogP contribution is 2.30. The van der Waals surface area contributed by atoms with E-state index in [9.17, 15) is 18.0 Å². The minimum absolute atomic E-state index is 0.0390. The van der Waals surface area contributed by atoms with E-state index < -0.39 is 28.5 Å². The maximum Gasteiger partial charge on any atom is 0.244 e. The Morgan fingerprint density at radius 3 is 2.34 bits per heavy atom. The number of benzene rings is 2. The molecule has 0 spiro atoms. The molecule has 2 rings (SSSR count). The lowest BCUT2D eigenvalue weighted by Gasteiger charge is -2.33. The maximum absolute atomic E-state index is 13.6. The van der Waals surface area contributed by atoms with Crippen LogP contribution in [-0.4, -0.2) is 57.6 Å². The van der Waals surface area contributed by atoms with E-state index in [2.05, 4.69) is 5.32 Å². The summed E-state index contributed by atoms with van der Waals surface area (Å²) in [5.74, 6) is -0.564. The molecule has 0 aliphatic carbocycles. The first-order valence-electron chi connectivity index (χ1n) is 11.1. The Kier molecular flexibility index (Phi) is 10.7. The number of nitrogens with zero attached hydrogens (tertiary/aromatic N) is 2. The molecule has 0 heterocycles. The van der Waals surface area contributed by atoms with Crippen LogP contribution in [0.1, 0.15) is 32.3 Å². The van der Waals surface area contributed by atoms with Crippen LogP contribution in [0.15, 0.2) is 42.5 Å². The molecular weight excluding hydrogens is 513 g/mol. The summed E-state index contributed by atoms with van der Waals surface area (Å²) in [4.78, 5) is 28.0. The molecule has 0 saturated carbocycles. The molecule has 0 aliphatic heterocycles. The molecular formula is C24H31Cl2N3O5S. The van der Waals surface area contributed by atoms with E-state index >= 15 is 0 Å². The highest BCUT2D eigenvalue weighted by atomic mass is 35.5. The Bertz CT molecular complexity index is 1140. The largest absolute Gasteiger partial charge is 0.495 e. The number of amides is 2. The number of para-hydroxylation sites is 2. The van der Waals surface area contributed by atoms with Crippen molar-refractivity contribution in [3.8, 4) is 5.75 Å².